The fraction of sp³-hybridized carbons (Fsp3) is 0.417. The van der Waals surface area contributed by atoms with Gasteiger partial charge in [-0.3, -0.25) is 4.79 Å². The van der Waals surface area contributed by atoms with Gasteiger partial charge in [-0.2, -0.15) is 0 Å². The first kappa shape index (κ1) is 13.5. The van der Waals surface area contributed by atoms with E-state index < -0.39 is 0 Å². The number of carbonyl (C=O) groups excluding carboxylic acids is 1. The van der Waals surface area contributed by atoms with Crippen LogP contribution in [0.15, 0.2) is 18.2 Å². The van der Waals surface area contributed by atoms with E-state index in [4.69, 9.17) is 11.6 Å². The number of unbranched alkanes of at least 4 members (excludes halogenated alkanes) is 1. The second kappa shape index (κ2) is 6.92. The van der Waals surface area contributed by atoms with Gasteiger partial charge in [0, 0.05) is 22.5 Å². The van der Waals surface area contributed by atoms with Gasteiger partial charge in [0.05, 0.1) is 0 Å². The molecule has 0 aliphatic rings. The fourth-order valence-corrected chi connectivity index (χ4v) is 1.91. The zero-order valence-electron chi connectivity index (χ0n) is 9.22. The van der Waals surface area contributed by atoms with Crippen molar-refractivity contribution in [1.82, 2.24) is 0 Å². The van der Waals surface area contributed by atoms with Crippen LogP contribution in [-0.4, -0.2) is 11.2 Å². The third kappa shape index (κ3) is 4.14. The summed E-state index contributed by atoms with van der Waals surface area (Å²) in [5.41, 5.74) is 1.72. The van der Waals surface area contributed by atoms with Gasteiger partial charge in [0.25, 0.3) is 0 Å². The Hall–Kier alpha value is -0.540. The van der Waals surface area contributed by atoms with Gasteiger partial charge in [0.1, 0.15) is 0 Å². The Morgan fingerprint density at radius 3 is 2.88 bits per heavy atom. The first-order valence-corrected chi connectivity index (χ1v) is 6.76. The Bertz CT molecular complexity index is 368. The summed E-state index contributed by atoms with van der Waals surface area (Å²) in [6.07, 6.45) is 2.47. The normalized spacial score (nSPS) is 10.2. The van der Waals surface area contributed by atoms with Crippen molar-refractivity contribution in [3.63, 3.8) is 0 Å². The number of hydrogen-bond acceptors (Lipinski definition) is 1. The molecule has 4 heteroatoms. The Morgan fingerprint density at radius 2 is 2.19 bits per heavy atom. The molecule has 0 atom stereocenters. The molecule has 0 saturated heterocycles. The molecule has 1 aromatic carbocycles. The first-order chi connectivity index (χ1) is 7.65. The summed E-state index contributed by atoms with van der Waals surface area (Å²) < 4.78 is 0. The van der Waals surface area contributed by atoms with Crippen LogP contribution < -0.4 is 5.32 Å². The Kier molecular flexibility index (Phi) is 5.85. The van der Waals surface area contributed by atoms with Crippen LogP contribution in [0.4, 0.5) is 5.69 Å². The van der Waals surface area contributed by atoms with Gasteiger partial charge in [-0.25, -0.2) is 0 Å². The molecule has 0 aromatic heterocycles. The van der Waals surface area contributed by atoms with E-state index >= 15 is 0 Å². The van der Waals surface area contributed by atoms with Gasteiger partial charge in [-0.1, -0.05) is 33.6 Å². The second-order valence-corrected chi connectivity index (χ2v) is 4.81. The smallest absolute Gasteiger partial charge is 0.224 e. The molecule has 16 heavy (non-hydrogen) atoms. The van der Waals surface area contributed by atoms with Crippen molar-refractivity contribution in [2.75, 3.05) is 10.6 Å². The van der Waals surface area contributed by atoms with Gasteiger partial charge in [-0.15, -0.1) is 0 Å². The van der Waals surface area contributed by atoms with Crippen molar-refractivity contribution in [1.29, 1.82) is 0 Å². The number of alkyl halides is 1. The molecule has 0 bridgehead atoms. The molecule has 0 aliphatic carbocycles. The highest BCUT2D eigenvalue weighted by atomic mass is 79.9. The lowest BCUT2D eigenvalue weighted by atomic mass is 10.2. The average molecular weight is 305 g/mol. The monoisotopic (exact) mass is 303 g/mol. The molecule has 2 nitrogen and oxygen atoms in total. The number of anilines is 1. The number of carbonyl (C=O) groups is 1. The van der Waals surface area contributed by atoms with Crippen molar-refractivity contribution < 1.29 is 4.79 Å². The lowest BCUT2D eigenvalue weighted by Gasteiger charge is -2.09. The number of amides is 1. The molecule has 1 aromatic rings. The molecule has 1 rings (SSSR count). The lowest BCUT2D eigenvalue weighted by molar-refractivity contribution is -0.116. The summed E-state index contributed by atoms with van der Waals surface area (Å²) in [6, 6.07) is 5.52. The summed E-state index contributed by atoms with van der Waals surface area (Å²) in [6.45, 7) is 1.90. The van der Waals surface area contributed by atoms with Gasteiger partial charge in [0.15, 0.2) is 0 Å². The minimum atomic E-state index is 0.0475. The average Bonchev–Trinajstić information content (AvgIpc) is 2.25. The van der Waals surface area contributed by atoms with Crippen molar-refractivity contribution in [2.24, 2.45) is 0 Å². The van der Waals surface area contributed by atoms with E-state index in [0.29, 0.717) is 11.4 Å². The zero-order valence-corrected chi connectivity index (χ0v) is 11.6. The largest absolute Gasteiger partial charge is 0.326 e. The van der Waals surface area contributed by atoms with Crippen LogP contribution >= 0.6 is 27.5 Å². The molecule has 0 radical (unpaired) electrons. The van der Waals surface area contributed by atoms with Crippen LogP contribution in [0.2, 0.25) is 5.02 Å². The van der Waals surface area contributed by atoms with Gasteiger partial charge < -0.3 is 5.32 Å². The maximum Gasteiger partial charge on any atom is 0.224 e. The number of rotatable bonds is 5. The lowest BCUT2D eigenvalue weighted by Crippen LogP contribution is -2.12. The molecule has 1 N–H and O–H groups in total. The third-order valence-electron chi connectivity index (χ3n) is 2.33. The molecule has 0 fully saturated rings. The molecule has 0 spiro atoms. The molecule has 0 aliphatic heterocycles. The van der Waals surface area contributed by atoms with E-state index in [1.807, 2.05) is 25.1 Å². The number of nitrogens with one attached hydrogen (secondary N) is 1. The summed E-state index contributed by atoms with van der Waals surface area (Å²) in [7, 11) is 0. The number of benzene rings is 1. The Balaban J connectivity index is 2.53. The van der Waals surface area contributed by atoms with Crippen LogP contribution in [0.1, 0.15) is 24.8 Å². The summed E-state index contributed by atoms with van der Waals surface area (Å²) in [5, 5.41) is 4.49. The van der Waals surface area contributed by atoms with E-state index in [9.17, 15) is 4.79 Å². The zero-order chi connectivity index (χ0) is 12.0. The maximum absolute atomic E-state index is 11.6. The maximum atomic E-state index is 11.6. The summed E-state index contributed by atoms with van der Waals surface area (Å²) in [5.74, 6) is 0.0475. The topological polar surface area (TPSA) is 29.1 Å². The molecule has 88 valence electrons. The highest BCUT2D eigenvalue weighted by molar-refractivity contribution is 9.09. The number of hydrogen-bond donors (Lipinski definition) is 1. The minimum absolute atomic E-state index is 0.0475. The number of halogens is 2. The standard InChI is InChI=1S/C12H15BrClNO/c1-9-10(14)5-4-6-11(9)15-12(16)7-2-3-8-13/h4-6H,2-3,7-8H2,1H3,(H,15,16). The van der Waals surface area contributed by atoms with E-state index in [-0.39, 0.29) is 5.91 Å². The molecule has 0 heterocycles. The van der Waals surface area contributed by atoms with Crippen molar-refractivity contribution >= 4 is 39.1 Å². The van der Waals surface area contributed by atoms with E-state index in [1.54, 1.807) is 0 Å². The van der Waals surface area contributed by atoms with Crippen LogP contribution in [0, 0.1) is 6.92 Å². The van der Waals surface area contributed by atoms with Crippen LogP contribution in [0.25, 0.3) is 0 Å². The van der Waals surface area contributed by atoms with E-state index in [0.717, 1.165) is 29.4 Å². The van der Waals surface area contributed by atoms with Crippen molar-refractivity contribution in [3.8, 4) is 0 Å². The Morgan fingerprint density at radius 1 is 1.44 bits per heavy atom. The Labute approximate surface area is 110 Å². The van der Waals surface area contributed by atoms with Gasteiger partial charge in [-0.05, 0) is 37.5 Å². The summed E-state index contributed by atoms with van der Waals surface area (Å²) >= 11 is 9.30. The molecule has 1 amide bonds. The van der Waals surface area contributed by atoms with E-state index in [1.165, 1.54) is 0 Å². The first-order valence-electron chi connectivity index (χ1n) is 5.26. The molecular formula is C12H15BrClNO. The summed E-state index contributed by atoms with van der Waals surface area (Å²) in [4.78, 5) is 11.6. The predicted molar refractivity (Wildman–Crippen MR) is 72.5 cm³/mol. The SMILES string of the molecule is Cc1c(Cl)cccc1NC(=O)CCCCBr. The van der Waals surface area contributed by atoms with Crippen molar-refractivity contribution in [3.05, 3.63) is 28.8 Å². The van der Waals surface area contributed by atoms with Crippen LogP contribution in [-0.2, 0) is 4.79 Å². The quantitative estimate of drug-likeness (QED) is 0.642. The molecule has 0 saturated carbocycles. The van der Waals surface area contributed by atoms with Gasteiger partial charge >= 0.3 is 0 Å². The highest BCUT2D eigenvalue weighted by Crippen LogP contribution is 2.23. The van der Waals surface area contributed by atoms with Crippen LogP contribution in [0.3, 0.4) is 0 Å². The molecule has 0 unspecified atom stereocenters. The van der Waals surface area contributed by atoms with Crippen molar-refractivity contribution in [2.45, 2.75) is 26.2 Å². The second-order valence-electron chi connectivity index (χ2n) is 3.61. The molecular weight excluding hydrogens is 289 g/mol. The fourth-order valence-electron chi connectivity index (χ4n) is 1.34. The van der Waals surface area contributed by atoms with Gasteiger partial charge in [0.2, 0.25) is 5.91 Å². The van der Waals surface area contributed by atoms with E-state index in [2.05, 4.69) is 21.2 Å². The minimum Gasteiger partial charge on any atom is -0.326 e. The predicted octanol–water partition coefficient (Wildman–Crippen LogP) is 4.15. The third-order valence-corrected chi connectivity index (χ3v) is 3.30. The van der Waals surface area contributed by atoms with Crippen LogP contribution in [0.5, 0.6) is 0 Å². The highest BCUT2D eigenvalue weighted by Gasteiger charge is 2.06.